The molecule has 1 unspecified atom stereocenters. The molecule has 56 valence electrons. The molecule has 0 aromatic carbocycles. The van der Waals surface area contributed by atoms with E-state index in [2.05, 4.69) is 19.3 Å². The molecular formula is C6H17N3. The maximum absolute atomic E-state index is 5.37. The monoisotopic (exact) mass is 131 g/mol. The summed E-state index contributed by atoms with van der Waals surface area (Å²) in [7, 11) is 0. The Labute approximate surface area is 56.8 Å². The zero-order chi connectivity index (χ0) is 7.33. The van der Waals surface area contributed by atoms with Crippen LogP contribution in [0.3, 0.4) is 0 Å². The smallest absolute Gasteiger partial charge is 0.0302 e. The van der Waals surface area contributed by atoms with Crippen molar-refractivity contribution in [3.63, 3.8) is 0 Å². The Bertz CT molecular complexity index is 68.7. The second kappa shape index (κ2) is 3.82. The third-order valence-corrected chi connectivity index (χ3v) is 1.82. The summed E-state index contributed by atoms with van der Waals surface area (Å²) in [4.78, 5) is 0. The zero-order valence-electron chi connectivity index (χ0n) is 6.28. The summed E-state index contributed by atoms with van der Waals surface area (Å²) < 4.78 is 0. The van der Waals surface area contributed by atoms with Crippen molar-refractivity contribution in [1.29, 1.82) is 0 Å². The summed E-state index contributed by atoms with van der Waals surface area (Å²) in [6.07, 6.45) is 1.95. The Balaban J connectivity index is 3.62. The van der Waals surface area contributed by atoms with E-state index in [4.69, 9.17) is 11.6 Å². The van der Waals surface area contributed by atoms with E-state index >= 15 is 0 Å². The molecule has 1 atom stereocenters. The maximum atomic E-state index is 5.37. The van der Waals surface area contributed by atoms with Crippen LogP contribution in [-0.2, 0) is 0 Å². The lowest BCUT2D eigenvalue weighted by Gasteiger charge is -2.26. The Morgan fingerprint density at radius 2 is 2.11 bits per heavy atom. The molecule has 0 amide bonds. The van der Waals surface area contributed by atoms with E-state index in [9.17, 15) is 0 Å². The number of nitrogens with one attached hydrogen (secondary N) is 1. The fraction of sp³-hybridized carbons (Fsp3) is 1.00. The van der Waals surface area contributed by atoms with Crippen LogP contribution in [0.5, 0.6) is 0 Å². The molecule has 3 nitrogen and oxygen atoms in total. The van der Waals surface area contributed by atoms with Gasteiger partial charge in [-0.1, -0.05) is 6.92 Å². The summed E-state index contributed by atoms with van der Waals surface area (Å²) >= 11 is 0. The Hall–Kier alpha value is -0.120. The van der Waals surface area contributed by atoms with Crippen molar-refractivity contribution in [2.45, 2.75) is 32.2 Å². The molecule has 0 aliphatic heterocycles. The van der Waals surface area contributed by atoms with Gasteiger partial charge in [-0.15, -0.1) is 0 Å². The summed E-state index contributed by atoms with van der Waals surface area (Å²) in [6, 6.07) is 0. The highest BCUT2D eigenvalue weighted by atomic mass is 15.3. The summed E-state index contributed by atoms with van der Waals surface area (Å²) in [5, 5.41) is 0. The van der Waals surface area contributed by atoms with Crippen LogP contribution >= 0.6 is 0 Å². The lowest BCUT2D eigenvalue weighted by Crippen LogP contribution is -2.47. The molecule has 0 aromatic heterocycles. The molecule has 0 aromatic rings. The van der Waals surface area contributed by atoms with Crippen molar-refractivity contribution in [3.8, 4) is 0 Å². The van der Waals surface area contributed by atoms with Crippen LogP contribution in [0.2, 0.25) is 0 Å². The first-order chi connectivity index (χ1) is 4.18. The second-order valence-corrected chi connectivity index (χ2v) is 2.60. The third kappa shape index (κ3) is 2.79. The van der Waals surface area contributed by atoms with E-state index in [-0.39, 0.29) is 5.54 Å². The molecule has 0 heterocycles. The highest BCUT2D eigenvalue weighted by molar-refractivity contribution is 4.78. The predicted molar refractivity (Wildman–Crippen MR) is 39.7 cm³/mol. The van der Waals surface area contributed by atoms with E-state index in [1.54, 1.807) is 0 Å². The van der Waals surface area contributed by atoms with Crippen molar-refractivity contribution < 1.29 is 0 Å². The average molecular weight is 131 g/mol. The molecule has 0 spiro atoms. The average Bonchev–Trinajstić information content (AvgIpc) is 1.89. The first-order valence-corrected chi connectivity index (χ1v) is 3.36. The molecule has 0 bridgehead atoms. The molecule has 0 radical (unpaired) electrons. The molecule has 0 aliphatic carbocycles. The minimum Gasteiger partial charge on any atom is -0.330 e. The van der Waals surface area contributed by atoms with E-state index in [1.807, 2.05) is 0 Å². The van der Waals surface area contributed by atoms with Crippen molar-refractivity contribution in [2.24, 2.45) is 11.6 Å². The second-order valence-electron chi connectivity index (χ2n) is 2.60. The number of hydrogen-bond donors (Lipinski definition) is 3. The number of hydrogen-bond acceptors (Lipinski definition) is 3. The number of nitrogens with two attached hydrogens (primary N) is 2. The lowest BCUT2D eigenvalue weighted by molar-refractivity contribution is 0.330. The molecular weight excluding hydrogens is 114 g/mol. The minimum absolute atomic E-state index is 0.0365. The SMILES string of the molecule is CCC(C)(CCN)NN. The highest BCUT2D eigenvalue weighted by Gasteiger charge is 2.17. The predicted octanol–water partition coefficient (Wildman–Crippen LogP) is -0.0328. The van der Waals surface area contributed by atoms with Gasteiger partial charge in [-0.05, 0) is 26.3 Å². The molecule has 0 saturated heterocycles. The number of hydrazine groups is 1. The van der Waals surface area contributed by atoms with Gasteiger partial charge in [0.2, 0.25) is 0 Å². The van der Waals surface area contributed by atoms with Gasteiger partial charge in [0.25, 0.3) is 0 Å². The van der Waals surface area contributed by atoms with E-state index in [0.29, 0.717) is 6.54 Å². The van der Waals surface area contributed by atoms with Crippen LogP contribution < -0.4 is 17.0 Å². The summed E-state index contributed by atoms with van der Waals surface area (Å²) in [5.41, 5.74) is 8.16. The van der Waals surface area contributed by atoms with Crippen molar-refractivity contribution >= 4 is 0 Å². The van der Waals surface area contributed by atoms with Crippen LogP contribution in [0.15, 0.2) is 0 Å². The molecule has 0 saturated carbocycles. The Morgan fingerprint density at radius 3 is 2.22 bits per heavy atom. The fourth-order valence-corrected chi connectivity index (χ4v) is 0.670. The normalized spacial score (nSPS) is 17.3. The third-order valence-electron chi connectivity index (χ3n) is 1.82. The quantitative estimate of drug-likeness (QED) is 0.371. The molecule has 9 heavy (non-hydrogen) atoms. The van der Waals surface area contributed by atoms with Gasteiger partial charge in [-0.3, -0.25) is 11.3 Å². The van der Waals surface area contributed by atoms with Crippen molar-refractivity contribution in [3.05, 3.63) is 0 Å². The van der Waals surface area contributed by atoms with Crippen molar-refractivity contribution in [2.75, 3.05) is 6.54 Å². The zero-order valence-corrected chi connectivity index (χ0v) is 6.28. The Kier molecular flexibility index (Phi) is 3.77. The molecule has 0 fully saturated rings. The fourth-order valence-electron chi connectivity index (χ4n) is 0.670. The van der Waals surface area contributed by atoms with Crippen LogP contribution in [0.4, 0.5) is 0 Å². The lowest BCUT2D eigenvalue weighted by atomic mass is 9.96. The first-order valence-electron chi connectivity index (χ1n) is 3.36. The highest BCUT2D eigenvalue weighted by Crippen LogP contribution is 2.10. The minimum atomic E-state index is 0.0365. The van der Waals surface area contributed by atoms with Gasteiger partial charge in [0, 0.05) is 5.54 Å². The van der Waals surface area contributed by atoms with Crippen LogP contribution in [0, 0.1) is 0 Å². The van der Waals surface area contributed by atoms with Gasteiger partial charge < -0.3 is 5.73 Å². The largest absolute Gasteiger partial charge is 0.330 e. The molecule has 0 rings (SSSR count). The maximum Gasteiger partial charge on any atom is 0.0302 e. The molecule has 0 aliphatic rings. The summed E-state index contributed by atoms with van der Waals surface area (Å²) in [6.45, 7) is 4.85. The Morgan fingerprint density at radius 1 is 1.56 bits per heavy atom. The molecule has 3 heteroatoms. The summed E-state index contributed by atoms with van der Waals surface area (Å²) in [5.74, 6) is 5.30. The van der Waals surface area contributed by atoms with E-state index in [0.717, 1.165) is 12.8 Å². The van der Waals surface area contributed by atoms with Gasteiger partial charge in [0.05, 0.1) is 0 Å². The van der Waals surface area contributed by atoms with E-state index in [1.165, 1.54) is 0 Å². The molecule has 5 N–H and O–H groups in total. The van der Waals surface area contributed by atoms with Gasteiger partial charge in [0.1, 0.15) is 0 Å². The van der Waals surface area contributed by atoms with Crippen LogP contribution in [-0.4, -0.2) is 12.1 Å². The van der Waals surface area contributed by atoms with Crippen molar-refractivity contribution in [1.82, 2.24) is 5.43 Å². The van der Waals surface area contributed by atoms with Crippen LogP contribution in [0.1, 0.15) is 26.7 Å². The van der Waals surface area contributed by atoms with Crippen LogP contribution in [0.25, 0.3) is 0 Å². The number of rotatable bonds is 4. The standard InChI is InChI=1S/C6H17N3/c1-3-6(2,9-8)4-5-7/h9H,3-5,7-8H2,1-2H3. The first kappa shape index (κ1) is 8.88. The topological polar surface area (TPSA) is 64.1 Å². The van der Waals surface area contributed by atoms with Gasteiger partial charge in [-0.25, -0.2) is 0 Å². The van der Waals surface area contributed by atoms with E-state index < -0.39 is 0 Å². The van der Waals surface area contributed by atoms with Gasteiger partial charge >= 0.3 is 0 Å². The van der Waals surface area contributed by atoms with Gasteiger partial charge in [0.15, 0.2) is 0 Å². The van der Waals surface area contributed by atoms with Gasteiger partial charge in [-0.2, -0.15) is 0 Å².